The van der Waals surface area contributed by atoms with E-state index in [1.165, 1.54) is 13.8 Å². The summed E-state index contributed by atoms with van der Waals surface area (Å²) in [6.07, 6.45) is 3.02. The third-order valence-electron chi connectivity index (χ3n) is 8.53. The Bertz CT molecular complexity index is 963. The standard InChI is InChI=1S/C24H30O8/c1-12-19(30-13(2)25)21(31-14(3)26)23(5)20-16(8-18(27)24(23)11-29-24)32-17(9-22(12,20)4)15-6-7-28-10-15/h6-7,9-10,12,16,18-21,27H,8,11H2,1-5H3. The number of esters is 2. The van der Waals surface area contributed by atoms with Gasteiger partial charge < -0.3 is 28.5 Å². The van der Waals surface area contributed by atoms with Crippen molar-refractivity contribution in [3.63, 3.8) is 0 Å². The van der Waals surface area contributed by atoms with Gasteiger partial charge in [-0.1, -0.05) is 20.8 Å². The minimum atomic E-state index is -0.890. The molecule has 5 rings (SSSR count). The maximum atomic E-state index is 12.2. The van der Waals surface area contributed by atoms with E-state index in [2.05, 4.69) is 13.0 Å². The van der Waals surface area contributed by atoms with Gasteiger partial charge >= 0.3 is 11.9 Å². The molecular weight excluding hydrogens is 416 g/mol. The number of aliphatic hydroxyl groups excluding tert-OH is 1. The van der Waals surface area contributed by atoms with Crippen LogP contribution in [0.3, 0.4) is 0 Å². The topological polar surface area (TPSA) is 108 Å². The first-order valence-electron chi connectivity index (χ1n) is 11.1. The lowest BCUT2D eigenvalue weighted by Crippen LogP contribution is -2.75. The molecule has 0 bridgehead atoms. The number of hydrogen-bond acceptors (Lipinski definition) is 8. The highest BCUT2D eigenvalue weighted by Gasteiger charge is 2.80. The molecule has 1 N–H and O–H groups in total. The lowest BCUT2D eigenvalue weighted by Gasteiger charge is -2.66. The summed E-state index contributed by atoms with van der Waals surface area (Å²) in [6.45, 7) is 9.17. The predicted molar refractivity (Wildman–Crippen MR) is 111 cm³/mol. The lowest BCUT2D eigenvalue weighted by atomic mass is 9.41. The molecule has 9 atom stereocenters. The number of carbonyl (C=O) groups excluding carboxylic acids is 2. The molecule has 174 valence electrons. The molecule has 32 heavy (non-hydrogen) atoms. The summed E-state index contributed by atoms with van der Waals surface area (Å²) in [7, 11) is 0. The van der Waals surface area contributed by atoms with Crippen LogP contribution in [0.2, 0.25) is 0 Å². The third kappa shape index (κ3) is 2.68. The Morgan fingerprint density at radius 3 is 2.44 bits per heavy atom. The van der Waals surface area contributed by atoms with E-state index in [-0.39, 0.29) is 17.9 Å². The minimum absolute atomic E-state index is 0.150. The summed E-state index contributed by atoms with van der Waals surface area (Å²) in [5.41, 5.74) is -1.43. The van der Waals surface area contributed by atoms with Crippen molar-refractivity contribution in [1.82, 2.24) is 0 Å². The Morgan fingerprint density at radius 1 is 1.19 bits per heavy atom. The van der Waals surface area contributed by atoms with Gasteiger partial charge in [0.25, 0.3) is 0 Å². The Morgan fingerprint density at radius 2 is 1.88 bits per heavy atom. The summed E-state index contributed by atoms with van der Waals surface area (Å²) >= 11 is 0. The maximum Gasteiger partial charge on any atom is 0.303 e. The number of ether oxygens (including phenoxy) is 4. The van der Waals surface area contributed by atoms with Crippen LogP contribution in [-0.4, -0.2) is 53.7 Å². The van der Waals surface area contributed by atoms with Gasteiger partial charge in [0.1, 0.15) is 35.9 Å². The Labute approximate surface area is 186 Å². The van der Waals surface area contributed by atoms with E-state index in [1.807, 2.05) is 19.9 Å². The number of furan rings is 1. The van der Waals surface area contributed by atoms with E-state index < -0.39 is 46.7 Å². The number of fused-ring (bicyclic) bond motifs is 1. The monoisotopic (exact) mass is 446 g/mol. The summed E-state index contributed by atoms with van der Waals surface area (Å²) in [6, 6.07) is 1.83. The smallest absolute Gasteiger partial charge is 0.303 e. The van der Waals surface area contributed by atoms with Crippen LogP contribution in [0.25, 0.3) is 5.76 Å². The molecule has 9 unspecified atom stereocenters. The normalized spacial score (nSPS) is 46.5. The van der Waals surface area contributed by atoms with E-state index >= 15 is 0 Å². The van der Waals surface area contributed by atoms with E-state index in [0.29, 0.717) is 18.8 Å². The molecule has 8 heteroatoms. The Hall–Kier alpha value is -2.32. The number of allylic oxidation sites excluding steroid dienone is 1. The number of carbonyl (C=O) groups is 2. The first kappa shape index (κ1) is 21.5. The molecule has 2 aliphatic carbocycles. The van der Waals surface area contributed by atoms with Crippen molar-refractivity contribution in [1.29, 1.82) is 0 Å². The molecule has 1 saturated heterocycles. The van der Waals surface area contributed by atoms with Crippen LogP contribution in [0.5, 0.6) is 0 Å². The second-order valence-electron chi connectivity index (χ2n) is 10.1. The predicted octanol–water partition coefficient (Wildman–Crippen LogP) is 2.69. The van der Waals surface area contributed by atoms with Gasteiger partial charge in [-0.15, -0.1) is 0 Å². The van der Waals surface area contributed by atoms with Crippen LogP contribution >= 0.6 is 0 Å². The van der Waals surface area contributed by atoms with Gasteiger partial charge in [0.2, 0.25) is 0 Å². The highest BCUT2D eigenvalue weighted by atomic mass is 16.6. The van der Waals surface area contributed by atoms with Crippen LogP contribution < -0.4 is 0 Å². The van der Waals surface area contributed by atoms with Gasteiger partial charge in [-0.2, -0.15) is 0 Å². The van der Waals surface area contributed by atoms with E-state index in [4.69, 9.17) is 23.4 Å². The van der Waals surface area contributed by atoms with Crippen molar-refractivity contribution >= 4 is 17.7 Å². The molecule has 0 aromatic carbocycles. The zero-order chi connectivity index (χ0) is 23.1. The molecule has 2 aliphatic heterocycles. The Balaban J connectivity index is 1.72. The number of epoxide rings is 1. The Kier molecular flexibility index (Phi) is 4.60. The molecule has 0 amide bonds. The average Bonchev–Trinajstić information content (AvgIpc) is 3.34. The van der Waals surface area contributed by atoms with E-state index in [0.717, 1.165) is 5.56 Å². The van der Waals surface area contributed by atoms with Crippen molar-refractivity contribution in [3.8, 4) is 0 Å². The average molecular weight is 446 g/mol. The van der Waals surface area contributed by atoms with Crippen molar-refractivity contribution in [2.45, 2.75) is 71.1 Å². The molecule has 2 saturated carbocycles. The fourth-order valence-electron chi connectivity index (χ4n) is 6.94. The van der Waals surface area contributed by atoms with Crippen LogP contribution in [0, 0.1) is 22.7 Å². The quantitative estimate of drug-likeness (QED) is 0.558. The minimum Gasteiger partial charge on any atom is -0.490 e. The van der Waals surface area contributed by atoms with E-state index in [1.54, 1.807) is 12.5 Å². The molecule has 1 aromatic rings. The van der Waals surface area contributed by atoms with Crippen LogP contribution in [-0.2, 0) is 28.5 Å². The summed E-state index contributed by atoms with van der Waals surface area (Å²) < 4.78 is 29.4. The summed E-state index contributed by atoms with van der Waals surface area (Å²) in [5.74, 6) is -0.600. The summed E-state index contributed by atoms with van der Waals surface area (Å²) in [4.78, 5) is 24.3. The first-order chi connectivity index (χ1) is 15.0. The van der Waals surface area contributed by atoms with Gasteiger partial charge in [0.15, 0.2) is 0 Å². The highest BCUT2D eigenvalue weighted by molar-refractivity contribution is 5.68. The van der Waals surface area contributed by atoms with Crippen molar-refractivity contribution in [2.24, 2.45) is 22.7 Å². The largest absolute Gasteiger partial charge is 0.490 e. The van der Waals surface area contributed by atoms with Crippen molar-refractivity contribution in [2.75, 3.05) is 6.61 Å². The molecule has 4 aliphatic rings. The second kappa shape index (κ2) is 6.84. The number of rotatable bonds is 3. The van der Waals surface area contributed by atoms with Gasteiger partial charge in [-0.05, 0) is 12.1 Å². The van der Waals surface area contributed by atoms with Crippen molar-refractivity contribution < 1.29 is 38.1 Å². The van der Waals surface area contributed by atoms with Gasteiger partial charge in [0, 0.05) is 42.9 Å². The maximum absolute atomic E-state index is 12.2. The van der Waals surface area contributed by atoms with E-state index in [9.17, 15) is 14.7 Å². The molecular formula is C24H30O8. The molecule has 3 fully saturated rings. The fraction of sp³-hybridized carbons (Fsp3) is 0.667. The van der Waals surface area contributed by atoms with Crippen molar-refractivity contribution in [3.05, 3.63) is 30.2 Å². The molecule has 0 radical (unpaired) electrons. The second-order valence-corrected chi connectivity index (χ2v) is 10.1. The fourth-order valence-corrected chi connectivity index (χ4v) is 6.94. The van der Waals surface area contributed by atoms with Gasteiger partial charge in [-0.3, -0.25) is 9.59 Å². The summed E-state index contributed by atoms with van der Waals surface area (Å²) in [5, 5.41) is 11.2. The first-order valence-corrected chi connectivity index (χ1v) is 11.1. The van der Waals surface area contributed by atoms with Crippen LogP contribution in [0.15, 0.2) is 29.1 Å². The van der Waals surface area contributed by atoms with Crippen LogP contribution in [0.1, 0.15) is 46.6 Å². The molecule has 1 aromatic heterocycles. The van der Waals surface area contributed by atoms with Gasteiger partial charge in [0.05, 0.1) is 24.5 Å². The van der Waals surface area contributed by atoms with Gasteiger partial charge in [-0.25, -0.2) is 0 Å². The highest BCUT2D eigenvalue weighted by Crippen LogP contribution is 2.70. The molecule has 8 nitrogen and oxygen atoms in total. The molecule has 3 heterocycles. The third-order valence-corrected chi connectivity index (χ3v) is 8.53. The number of aliphatic hydroxyl groups is 1. The van der Waals surface area contributed by atoms with Crippen LogP contribution in [0.4, 0.5) is 0 Å². The lowest BCUT2D eigenvalue weighted by molar-refractivity contribution is -0.277. The zero-order valence-corrected chi connectivity index (χ0v) is 19.0. The zero-order valence-electron chi connectivity index (χ0n) is 19.0. The number of hydrogen-bond donors (Lipinski definition) is 1. The molecule has 1 spiro atoms. The SMILES string of the molecule is CC(=O)OC1C(C)C2(C)C=C(c3ccoc3)OC3CC(O)C4(CO4)C(C)(C1OC(C)=O)C32.